The van der Waals surface area contributed by atoms with Crippen molar-refractivity contribution in [3.8, 4) is 0 Å². The number of rotatable bonds is 4. The van der Waals surface area contributed by atoms with E-state index in [1.807, 2.05) is 31.2 Å². The Bertz CT molecular complexity index is 808. The SMILES string of the molecule is Cc1ccccc1N1CCN(C(=O)CN(C)[C@H]2CCS(=O)(=O)C2)CC1=O. The minimum absolute atomic E-state index is 0.0595. The molecule has 0 aliphatic carbocycles. The molecular weight excluding hydrogens is 354 g/mol. The Morgan fingerprint density at radius 2 is 2.00 bits per heavy atom. The Kier molecular flexibility index (Phi) is 5.34. The van der Waals surface area contributed by atoms with Crippen LogP contribution in [-0.2, 0) is 19.4 Å². The van der Waals surface area contributed by atoms with Crippen LogP contribution in [0, 0.1) is 6.92 Å². The number of sulfone groups is 1. The normalized spacial score (nSPS) is 22.9. The van der Waals surface area contributed by atoms with Crippen molar-refractivity contribution >= 4 is 27.3 Å². The van der Waals surface area contributed by atoms with Crippen LogP contribution in [0.4, 0.5) is 5.69 Å². The van der Waals surface area contributed by atoms with E-state index in [1.165, 1.54) is 0 Å². The van der Waals surface area contributed by atoms with Crippen molar-refractivity contribution < 1.29 is 18.0 Å². The fraction of sp³-hybridized carbons (Fsp3) is 0.556. The Hall–Kier alpha value is -1.93. The second-order valence-corrected chi connectivity index (χ2v) is 9.35. The van der Waals surface area contributed by atoms with E-state index in [4.69, 9.17) is 0 Å². The summed E-state index contributed by atoms with van der Waals surface area (Å²) in [6.07, 6.45) is 0.562. The smallest absolute Gasteiger partial charge is 0.246 e. The van der Waals surface area contributed by atoms with E-state index >= 15 is 0 Å². The molecule has 1 atom stereocenters. The van der Waals surface area contributed by atoms with Crippen molar-refractivity contribution in [1.29, 1.82) is 0 Å². The minimum Gasteiger partial charge on any atom is -0.330 e. The highest BCUT2D eigenvalue weighted by atomic mass is 32.2. The average Bonchev–Trinajstić information content (AvgIpc) is 2.95. The Morgan fingerprint density at radius 1 is 1.27 bits per heavy atom. The van der Waals surface area contributed by atoms with Gasteiger partial charge in [-0.25, -0.2) is 8.42 Å². The number of carbonyl (C=O) groups is 2. The van der Waals surface area contributed by atoms with Gasteiger partial charge in [-0.2, -0.15) is 0 Å². The summed E-state index contributed by atoms with van der Waals surface area (Å²) in [6, 6.07) is 7.59. The molecule has 2 heterocycles. The first-order valence-electron chi connectivity index (χ1n) is 8.81. The molecule has 0 N–H and O–H groups in total. The molecule has 1 aromatic rings. The monoisotopic (exact) mass is 379 g/mol. The molecular formula is C18H25N3O4S. The van der Waals surface area contributed by atoms with Gasteiger partial charge in [-0.1, -0.05) is 18.2 Å². The number of aryl methyl sites for hydroxylation is 1. The predicted octanol–water partition coefficient (Wildman–Crippen LogP) is 0.289. The fourth-order valence-corrected chi connectivity index (χ4v) is 5.38. The molecule has 0 saturated carbocycles. The third-order valence-corrected chi connectivity index (χ3v) is 6.95. The van der Waals surface area contributed by atoms with Crippen LogP contribution in [0.15, 0.2) is 24.3 Å². The molecule has 2 amide bonds. The molecule has 0 aromatic heterocycles. The zero-order chi connectivity index (χ0) is 18.9. The van der Waals surface area contributed by atoms with Crippen LogP contribution in [0.25, 0.3) is 0 Å². The van der Waals surface area contributed by atoms with Crippen LogP contribution >= 0.6 is 0 Å². The number of para-hydroxylation sites is 1. The number of likely N-dealkylation sites (N-methyl/N-ethyl adjacent to an activating group) is 1. The number of hydrogen-bond donors (Lipinski definition) is 0. The largest absolute Gasteiger partial charge is 0.330 e. The maximum atomic E-state index is 12.5. The van der Waals surface area contributed by atoms with E-state index < -0.39 is 9.84 Å². The first-order chi connectivity index (χ1) is 12.3. The van der Waals surface area contributed by atoms with E-state index in [0.717, 1.165) is 11.3 Å². The van der Waals surface area contributed by atoms with Gasteiger partial charge in [-0.05, 0) is 32.0 Å². The minimum atomic E-state index is -2.98. The molecule has 0 spiro atoms. The molecule has 0 bridgehead atoms. The fourth-order valence-electron chi connectivity index (χ4n) is 3.57. The second-order valence-electron chi connectivity index (χ2n) is 7.12. The van der Waals surface area contributed by atoms with Gasteiger partial charge in [-0.3, -0.25) is 14.5 Å². The molecule has 2 saturated heterocycles. The lowest BCUT2D eigenvalue weighted by molar-refractivity contribution is -0.137. The average molecular weight is 379 g/mol. The third kappa shape index (κ3) is 4.07. The third-order valence-electron chi connectivity index (χ3n) is 5.20. The van der Waals surface area contributed by atoms with Gasteiger partial charge in [-0.15, -0.1) is 0 Å². The summed E-state index contributed by atoms with van der Waals surface area (Å²) in [4.78, 5) is 30.2. The molecule has 2 aliphatic rings. The van der Waals surface area contributed by atoms with Crippen LogP contribution in [0.3, 0.4) is 0 Å². The number of anilines is 1. The quantitative estimate of drug-likeness (QED) is 0.751. The number of piperazine rings is 1. The molecule has 0 unspecified atom stereocenters. The molecule has 3 rings (SSSR count). The molecule has 0 radical (unpaired) electrons. The van der Waals surface area contributed by atoms with E-state index in [0.29, 0.717) is 19.5 Å². The summed E-state index contributed by atoms with van der Waals surface area (Å²) in [5, 5.41) is 0. The Labute approximate surface area is 154 Å². The molecule has 2 aliphatic heterocycles. The van der Waals surface area contributed by atoms with Gasteiger partial charge in [0.1, 0.15) is 6.54 Å². The van der Waals surface area contributed by atoms with Crippen LogP contribution < -0.4 is 4.90 Å². The Balaban J connectivity index is 1.58. The number of carbonyl (C=O) groups excluding carboxylic acids is 2. The summed E-state index contributed by atoms with van der Waals surface area (Å²) in [7, 11) is -1.21. The van der Waals surface area contributed by atoms with Gasteiger partial charge >= 0.3 is 0 Å². The molecule has 26 heavy (non-hydrogen) atoms. The van der Waals surface area contributed by atoms with Crippen LogP contribution in [-0.4, -0.2) is 80.8 Å². The number of nitrogens with zero attached hydrogens (tertiary/aromatic N) is 3. The highest BCUT2D eigenvalue weighted by Gasteiger charge is 2.33. The van der Waals surface area contributed by atoms with Crippen LogP contribution in [0.5, 0.6) is 0 Å². The lowest BCUT2D eigenvalue weighted by atomic mass is 10.1. The van der Waals surface area contributed by atoms with E-state index in [-0.39, 0.29) is 42.5 Å². The van der Waals surface area contributed by atoms with E-state index in [1.54, 1.807) is 21.7 Å². The standard InChI is InChI=1S/C18H25N3O4S/c1-14-5-3-4-6-16(14)21-9-8-20(12-18(21)23)17(22)11-19(2)15-7-10-26(24,25)13-15/h3-6,15H,7-13H2,1-2H3/t15-/m0/s1. The maximum Gasteiger partial charge on any atom is 0.246 e. The van der Waals surface area contributed by atoms with Crippen LogP contribution in [0.1, 0.15) is 12.0 Å². The molecule has 7 nitrogen and oxygen atoms in total. The zero-order valence-electron chi connectivity index (χ0n) is 15.2. The van der Waals surface area contributed by atoms with Crippen molar-refractivity contribution in [2.75, 3.05) is 49.6 Å². The van der Waals surface area contributed by atoms with Gasteiger partial charge in [0.15, 0.2) is 9.84 Å². The highest BCUT2D eigenvalue weighted by molar-refractivity contribution is 7.91. The topological polar surface area (TPSA) is 78.0 Å². The lowest BCUT2D eigenvalue weighted by Crippen LogP contribution is -2.54. The first kappa shape index (κ1) is 18.8. The van der Waals surface area contributed by atoms with Crippen molar-refractivity contribution in [3.63, 3.8) is 0 Å². The predicted molar refractivity (Wildman–Crippen MR) is 99.8 cm³/mol. The maximum absolute atomic E-state index is 12.5. The summed E-state index contributed by atoms with van der Waals surface area (Å²) >= 11 is 0. The van der Waals surface area contributed by atoms with E-state index in [9.17, 15) is 18.0 Å². The molecule has 1 aromatic carbocycles. The first-order valence-corrected chi connectivity index (χ1v) is 10.6. The summed E-state index contributed by atoms with van der Waals surface area (Å²) in [5.41, 5.74) is 1.92. The van der Waals surface area contributed by atoms with Crippen molar-refractivity contribution in [2.24, 2.45) is 0 Å². The molecule has 2 fully saturated rings. The van der Waals surface area contributed by atoms with Crippen LogP contribution in [0.2, 0.25) is 0 Å². The number of hydrogen-bond acceptors (Lipinski definition) is 5. The van der Waals surface area contributed by atoms with Gasteiger partial charge in [0.05, 0.1) is 18.1 Å². The van der Waals surface area contributed by atoms with Gasteiger partial charge in [0.25, 0.3) is 0 Å². The Morgan fingerprint density at radius 3 is 2.62 bits per heavy atom. The van der Waals surface area contributed by atoms with Gasteiger partial charge in [0.2, 0.25) is 11.8 Å². The second kappa shape index (κ2) is 7.36. The number of amides is 2. The lowest BCUT2D eigenvalue weighted by Gasteiger charge is -2.36. The van der Waals surface area contributed by atoms with Crippen molar-refractivity contribution in [2.45, 2.75) is 19.4 Å². The highest BCUT2D eigenvalue weighted by Crippen LogP contribution is 2.22. The molecule has 142 valence electrons. The van der Waals surface area contributed by atoms with Crippen molar-refractivity contribution in [3.05, 3.63) is 29.8 Å². The summed E-state index contributed by atoms with van der Waals surface area (Å²) in [6.45, 7) is 3.11. The summed E-state index contributed by atoms with van der Waals surface area (Å²) < 4.78 is 23.2. The molecule has 8 heteroatoms. The summed E-state index contributed by atoms with van der Waals surface area (Å²) in [5.74, 6) is 0.0696. The zero-order valence-corrected chi connectivity index (χ0v) is 16.0. The number of benzene rings is 1. The van der Waals surface area contributed by atoms with Gasteiger partial charge < -0.3 is 9.80 Å². The van der Waals surface area contributed by atoms with Gasteiger partial charge in [0, 0.05) is 24.8 Å². The van der Waals surface area contributed by atoms with Crippen molar-refractivity contribution in [1.82, 2.24) is 9.80 Å². The van der Waals surface area contributed by atoms with E-state index in [2.05, 4.69) is 0 Å².